The van der Waals surface area contributed by atoms with Crippen LogP contribution in [-0.4, -0.2) is 58.1 Å². The Morgan fingerprint density at radius 2 is 0.811 bits per heavy atom. The Morgan fingerprint density at radius 1 is 0.405 bits per heavy atom. The van der Waals surface area contributed by atoms with Crippen LogP contribution in [0.3, 0.4) is 0 Å². The van der Waals surface area contributed by atoms with Gasteiger partial charge in [-0.1, -0.05) is 122 Å². The molecule has 1 aliphatic heterocycles. The van der Waals surface area contributed by atoms with E-state index in [9.17, 15) is 0 Å². The highest BCUT2D eigenvalue weighted by Gasteiger charge is 2.14. The fourth-order valence-electron chi connectivity index (χ4n) is 8.57. The Kier molecular flexibility index (Phi) is 18.0. The van der Waals surface area contributed by atoms with E-state index in [1.807, 2.05) is 51.9 Å². The lowest BCUT2D eigenvalue weighted by Crippen LogP contribution is -2.34. The first-order valence-electron chi connectivity index (χ1n) is 22.9. The highest BCUT2D eigenvalue weighted by Crippen LogP contribution is 2.25. The number of pyridine rings is 6. The van der Waals surface area contributed by atoms with Crippen molar-refractivity contribution in [3.8, 4) is 0 Å². The lowest BCUT2D eigenvalue weighted by atomic mass is 10.1. The number of hydrogen-bond donors (Lipinski definition) is 0. The molecule has 11 heterocycles. The molecule has 2 aromatic carbocycles. The van der Waals surface area contributed by atoms with Crippen LogP contribution in [0.5, 0.6) is 0 Å². The molecule has 10 bridgehead atoms. The van der Waals surface area contributed by atoms with Crippen LogP contribution < -0.4 is 9.13 Å². The maximum absolute atomic E-state index is 5.04. The molecule has 1 aliphatic rings. The highest BCUT2D eigenvalue weighted by atomic mass is 79.9. The second-order valence-corrected chi connectivity index (χ2v) is 18.2. The maximum atomic E-state index is 5.04. The normalized spacial score (nSPS) is 11.5. The number of imidazole rings is 4. The third kappa shape index (κ3) is 12.7. The average molecular weight is 1120 g/mol. The van der Waals surface area contributed by atoms with Crippen LogP contribution in [0, 0.1) is 0 Å². The molecule has 0 amide bonds. The monoisotopic (exact) mass is 1110 g/mol. The van der Waals surface area contributed by atoms with Gasteiger partial charge in [-0.15, -0.1) is 0 Å². The molecule has 13 rings (SSSR count). The van der Waals surface area contributed by atoms with Gasteiger partial charge in [0.1, 0.15) is 51.0 Å². The highest BCUT2D eigenvalue weighted by molar-refractivity contribution is 9.08. The first kappa shape index (κ1) is 54.0. The van der Waals surface area contributed by atoms with Crippen molar-refractivity contribution in [3.63, 3.8) is 0 Å². The third-order valence-corrected chi connectivity index (χ3v) is 13.1. The van der Waals surface area contributed by atoms with Crippen molar-refractivity contribution in [3.05, 3.63) is 230 Å². The van der Waals surface area contributed by atoms with Gasteiger partial charge in [0.25, 0.3) is 0 Å². The molecule has 74 heavy (non-hydrogen) atoms. The number of rotatable bonds is 6. The quantitative estimate of drug-likeness (QED) is 0.0914. The first-order valence-corrected chi connectivity index (χ1v) is 25.1. The largest absolute Gasteiger partial charge is 0.331 e. The van der Waals surface area contributed by atoms with E-state index < -0.39 is 0 Å². The molecule has 0 saturated heterocycles. The van der Waals surface area contributed by atoms with Gasteiger partial charge >= 0.3 is 0 Å². The molecule has 16 heteroatoms. The van der Waals surface area contributed by atoms with Gasteiger partial charge in [-0.3, -0.25) is 4.98 Å². The molecule has 14 nitrogen and oxygen atoms in total. The number of hydrogen-bond acceptors (Lipinski definition) is 8. The van der Waals surface area contributed by atoms with Crippen LogP contribution in [-0.2, 0) is 49.9 Å². The minimum atomic E-state index is 0. The Hall–Kier alpha value is -7.82. The van der Waals surface area contributed by atoms with Crippen LogP contribution in [0.1, 0.15) is 75.3 Å². The molecule has 0 saturated carbocycles. The van der Waals surface area contributed by atoms with Crippen molar-refractivity contribution in [2.45, 2.75) is 79.6 Å². The second-order valence-electron chi connectivity index (χ2n) is 17.1. The molecule has 0 unspecified atom stereocenters. The lowest BCUT2D eigenvalue weighted by molar-refractivity contribution is -0.689. The van der Waals surface area contributed by atoms with Crippen LogP contribution in [0.25, 0.3) is 43.6 Å². The summed E-state index contributed by atoms with van der Waals surface area (Å²) in [7, 11) is 0. The van der Waals surface area contributed by atoms with E-state index in [2.05, 4.69) is 191 Å². The molecule has 0 atom stereocenters. The lowest BCUT2D eigenvalue weighted by Gasteiger charge is -2.06. The average Bonchev–Trinajstić information content (AvgIpc) is 4.26. The fourth-order valence-corrected chi connectivity index (χ4v) is 9.19. The van der Waals surface area contributed by atoms with Gasteiger partial charge in [0.05, 0.1) is 93.4 Å². The predicted molar refractivity (Wildman–Crippen MR) is 303 cm³/mol. The van der Waals surface area contributed by atoms with Crippen molar-refractivity contribution in [1.29, 1.82) is 0 Å². The zero-order valence-corrected chi connectivity index (χ0v) is 41.2. The van der Waals surface area contributed by atoms with Gasteiger partial charge in [-0.05, 0) is 48.5 Å². The summed E-state index contributed by atoms with van der Waals surface area (Å²) in [5, 5.41) is 6.00. The maximum Gasteiger partial charge on any atom is 0.244 e. The van der Waals surface area contributed by atoms with E-state index in [4.69, 9.17) is 15.0 Å². The Morgan fingerprint density at radius 3 is 1.23 bits per heavy atom. The van der Waals surface area contributed by atoms with Gasteiger partial charge < -0.3 is 9.13 Å². The molecule has 0 N–H and O–H groups in total. The van der Waals surface area contributed by atoms with Crippen LogP contribution in [0.2, 0.25) is 0 Å². The van der Waals surface area contributed by atoms with Crippen molar-refractivity contribution in [2.24, 2.45) is 0 Å². The number of nitrogens with zero attached hydrogens (tertiary/aromatic N) is 14. The minimum Gasteiger partial charge on any atom is -0.331 e. The molecule has 12 aromatic rings. The topological polar surface area (TPSA) is 131 Å². The van der Waals surface area contributed by atoms with E-state index in [1.165, 1.54) is 0 Å². The molecule has 0 aliphatic carbocycles. The Bertz CT molecular complexity index is 3500. The standard InChI is InChI=1S/C27H23N7.C14H10Br2N2.C13H13N5.4CH4/c1-2-22-14-31-10-12-33(18-31)16-24-8-6-20-4-5-21-7-9-25(30-27(21)26(20)29-24)17-34-13-11-32(19-34)15-23(3-1)28-22;15-7-11-5-3-9-1-2-10-4-6-12(8-16)18-14(10)13(9)17-11;1-2-12(8-17-6-4-14-10-17)16-13(3-1)9-18-7-5-15-11-18;;;;/h1-13,18-19H,14-17H2;1-6H,7-8H2;1-7,10-11H,8-9H2;4*1H4/q+2;;;;;;. The van der Waals surface area contributed by atoms with E-state index in [0.717, 1.165) is 126 Å². The van der Waals surface area contributed by atoms with Crippen molar-refractivity contribution in [2.75, 3.05) is 0 Å². The number of halogens is 2. The summed E-state index contributed by atoms with van der Waals surface area (Å²) in [6.07, 6.45) is 23.6. The number of alkyl halides is 2. The molecule has 0 spiro atoms. The van der Waals surface area contributed by atoms with E-state index >= 15 is 0 Å². The summed E-state index contributed by atoms with van der Waals surface area (Å²) in [6, 6.07) is 37.6. The Labute approximate surface area is 449 Å². The van der Waals surface area contributed by atoms with E-state index in [-0.39, 0.29) is 29.7 Å². The van der Waals surface area contributed by atoms with Crippen LogP contribution >= 0.6 is 31.9 Å². The summed E-state index contributed by atoms with van der Waals surface area (Å²) in [6.45, 7) is 4.36. The minimum absolute atomic E-state index is 0. The van der Waals surface area contributed by atoms with Crippen LogP contribution in [0.4, 0.5) is 0 Å². The second kappa shape index (κ2) is 24.7. The predicted octanol–water partition coefficient (Wildman–Crippen LogP) is 11.6. The van der Waals surface area contributed by atoms with Gasteiger partial charge in [-0.25, -0.2) is 53.2 Å². The number of benzene rings is 2. The molecule has 376 valence electrons. The summed E-state index contributed by atoms with van der Waals surface area (Å²) >= 11 is 6.89. The summed E-state index contributed by atoms with van der Waals surface area (Å²) < 4.78 is 12.6. The van der Waals surface area contributed by atoms with E-state index in [1.54, 1.807) is 25.0 Å². The molecular weight excluding hydrogens is 1050 g/mol. The summed E-state index contributed by atoms with van der Waals surface area (Å²) in [5.41, 5.74) is 12.1. The zero-order valence-electron chi connectivity index (χ0n) is 38.0. The van der Waals surface area contributed by atoms with Gasteiger partial charge in [0.2, 0.25) is 12.7 Å². The number of fused-ring (bicyclic) bond motifs is 11. The van der Waals surface area contributed by atoms with Crippen molar-refractivity contribution in [1.82, 2.24) is 58.1 Å². The SMILES string of the molecule is BrCc1ccc2ccc3ccc(CBr)nc3c2n1.C.C.C.C.c1cc(Cn2ccnc2)nc(Cn2ccnc2)c1.c1cc2nc(c1)C[n+]1ccn(c1)Cc1ccc3ccc4ccc(nc4c3n1)Cn1cc[n+](c1)C2. The number of aromatic nitrogens is 14. The molecule has 0 radical (unpaired) electrons. The summed E-state index contributed by atoms with van der Waals surface area (Å²) in [5.74, 6) is 0. The molecule has 10 aromatic heterocycles. The van der Waals surface area contributed by atoms with E-state index in [0.29, 0.717) is 13.1 Å². The zero-order chi connectivity index (χ0) is 47.2. The van der Waals surface area contributed by atoms with Gasteiger partial charge in [0, 0.05) is 57.0 Å². The van der Waals surface area contributed by atoms with Crippen molar-refractivity contribution < 1.29 is 9.13 Å². The Balaban J connectivity index is 0.000000171. The molecule has 0 fully saturated rings. The summed E-state index contributed by atoms with van der Waals surface area (Å²) in [4.78, 5) is 37.0. The fraction of sp³-hybridized carbons (Fsp3) is 0.207. The molecular formula is C58H62Br2N14+2. The smallest absolute Gasteiger partial charge is 0.244 e. The van der Waals surface area contributed by atoms with Gasteiger partial charge in [0.15, 0.2) is 0 Å². The van der Waals surface area contributed by atoms with Gasteiger partial charge in [-0.2, -0.15) is 0 Å². The van der Waals surface area contributed by atoms with Crippen LogP contribution in [0.15, 0.2) is 184 Å². The third-order valence-electron chi connectivity index (χ3n) is 12.0. The van der Waals surface area contributed by atoms with Crippen molar-refractivity contribution >= 4 is 75.5 Å². The first-order chi connectivity index (χ1) is 34.5.